The summed E-state index contributed by atoms with van der Waals surface area (Å²) in [6.07, 6.45) is 0.0297. The highest BCUT2D eigenvalue weighted by Crippen LogP contribution is 2.29. The largest absolute Gasteiger partial charge is 0.493 e. The lowest BCUT2D eigenvalue weighted by atomic mass is 10.1. The molecule has 2 aromatic carbocycles. The first kappa shape index (κ1) is 17.8. The number of ether oxygens (including phenoxy) is 3. The van der Waals surface area contributed by atoms with Gasteiger partial charge in [-0.2, -0.15) is 0 Å². The van der Waals surface area contributed by atoms with Crippen LogP contribution in [-0.2, 0) is 11.3 Å². The van der Waals surface area contributed by atoms with Crippen LogP contribution >= 0.6 is 0 Å². The minimum absolute atomic E-state index is 0.0297. The Morgan fingerprint density at radius 1 is 1.08 bits per heavy atom. The molecule has 0 saturated heterocycles. The number of hydrogen-bond acceptors (Lipinski definition) is 4. The van der Waals surface area contributed by atoms with Crippen molar-refractivity contribution >= 4 is 11.6 Å². The first-order valence-electron chi connectivity index (χ1n) is 7.77. The van der Waals surface area contributed by atoms with Crippen molar-refractivity contribution in [3.05, 3.63) is 53.6 Å². The highest BCUT2D eigenvalue weighted by molar-refractivity contribution is 6.04. The molecule has 128 valence electrons. The van der Waals surface area contributed by atoms with Crippen LogP contribution in [0.5, 0.6) is 11.5 Å². The van der Waals surface area contributed by atoms with Crippen LogP contribution in [0.15, 0.2) is 42.5 Å². The van der Waals surface area contributed by atoms with Gasteiger partial charge in [-0.15, -0.1) is 0 Å². The second-order valence-electron chi connectivity index (χ2n) is 5.62. The summed E-state index contributed by atoms with van der Waals surface area (Å²) in [6, 6.07) is 12.7. The van der Waals surface area contributed by atoms with Crippen molar-refractivity contribution in [1.29, 1.82) is 0 Å². The molecule has 2 aromatic rings. The third-order valence-corrected chi connectivity index (χ3v) is 3.28. The fourth-order valence-corrected chi connectivity index (χ4v) is 2.27. The molecule has 0 radical (unpaired) electrons. The SMILES string of the molecule is COCc1cccc(NC(=O)c2ccc(OC(C)C)c(OC)c2)c1. The lowest BCUT2D eigenvalue weighted by Gasteiger charge is -2.14. The quantitative estimate of drug-likeness (QED) is 0.837. The average molecular weight is 329 g/mol. The minimum Gasteiger partial charge on any atom is -0.493 e. The van der Waals surface area contributed by atoms with Crippen molar-refractivity contribution in [3.63, 3.8) is 0 Å². The van der Waals surface area contributed by atoms with Gasteiger partial charge in [0.15, 0.2) is 11.5 Å². The molecule has 0 aliphatic rings. The third kappa shape index (κ3) is 4.73. The number of amides is 1. The van der Waals surface area contributed by atoms with Crippen LogP contribution in [0.1, 0.15) is 29.8 Å². The molecule has 0 bridgehead atoms. The van der Waals surface area contributed by atoms with E-state index in [4.69, 9.17) is 14.2 Å². The maximum Gasteiger partial charge on any atom is 0.255 e. The van der Waals surface area contributed by atoms with E-state index in [-0.39, 0.29) is 12.0 Å². The van der Waals surface area contributed by atoms with Crippen LogP contribution in [0.3, 0.4) is 0 Å². The molecule has 0 aromatic heterocycles. The van der Waals surface area contributed by atoms with Gasteiger partial charge in [0.2, 0.25) is 0 Å². The summed E-state index contributed by atoms with van der Waals surface area (Å²) in [6.45, 7) is 4.37. The summed E-state index contributed by atoms with van der Waals surface area (Å²) in [4.78, 5) is 12.4. The van der Waals surface area contributed by atoms with E-state index in [9.17, 15) is 4.79 Å². The summed E-state index contributed by atoms with van der Waals surface area (Å²) in [5.74, 6) is 0.939. The van der Waals surface area contributed by atoms with E-state index in [2.05, 4.69) is 5.32 Å². The van der Waals surface area contributed by atoms with Gasteiger partial charge in [-0.3, -0.25) is 4.79 Å². The zero-order chi connectivity index (χ0) is 17.5. The standard InChI is InChI=1S/C19H23NO4/c1-13(2)24-17-9-8-15(11-18(17)23-4)19(21)20-16-7-5-6-14(10-16)12-22-3/h5-11,13H,12H2,1-4H3,(H,20,21). The Kier molecular flexibility index (Phi) is 6.21. The van der Waals surface area contributed by atoms with E-state index in [1.54, 1.807) is 32.4 Å². The van der Waals surface area contributed by atoms with Gasteiger partial charge < -0.3 is 19.5 Å². The van der Waals surface area contributed by atoms with Crippen molar-refractivity contribution in [3.8, 4) is 11.5 Å². The molecule has 0 aliphatic carbocycles. The topological polar surface area (TPSA) is 56.8 Å². The predicted octanol–water partition coefficient (Wildman–Crippen LogP) is 3.88. The smallest absolute Gasteiger partial charge is 0.255 e. The molecule has 1 N–H and O–H groups in total. The molecule has 5 nitrogen and oxygen atoms in total. The molecule has 0 atom stereocenters. The molecular weight excluding hydrogens is 306 g/mol. The van der Waals surface area contributed by atoms with Gasteiger partial charge in [-0.25, -0.2) is 0 Å². The number of carbonyl (C=O) groups is 1. The Morgan fingerprint density at radius 3 is 2.54 bits per heavy atom. The zero-order valence-electron chi connectivity index (χ0n) is 14.5. The summed E-state index contributed by atoms with van der Waals surface area (Å²) in [5, 5.41) is 2.88. The molecule has 1 amide bonds. The Hall–Kier alpha value is -2.53. The van der Waals surface area contributed by atoms with E-state index in [0.29, 0.717) is 23.7 Å². The summed E-state index contributed by atoms with van der Waals surface area (Å²) in [7, 11) is 3.19. The van der Waals surface area contributed by atoms with Crippen LogP contribution in [0, 0.1) is 0 Å². The second kappa shape index (κ2) is 8.36. The Balaban J connectivity index is 2.16. The normalized spacial score (nSPS) is 10.5. The molecule has 0 aliphatic heterocycles. The first-order valence-corrected chi connectivity index (χ1v) is 7.77. The number of benzene rings is 2. The molecule has 5 heteroatoms. The van der Waals surface area contributed by atoms with E-state index in [0.717, 1.165) is 11.3 Å². The van der Waals surface area contributed by atoms with Gasteiger partial charge in [-0.1, -0.05) is 12.1 Å². The second-order valence-corrected chi connectivity index (χ2v) is 5.62. The highest BCUT2D eigenvalue weighted by atomic mass is 16.5. The fourth-order valence-electron chi connectivity index (χ4n) is 2.27. The maximum atomic E-state index is 12.4. The summed E-state index contributed by atoms with van der Waals surface area (Å²) < 4.78 is 16.1. The lowest BCUT2D eigenvalue weighted by molar-refractivity contribution is 0.102. The van der Waals surface area contributed by atoms with E-state index >= 15 is 0 Å². The van der Waals surface area contributed by atoms with Crippen molar-refractivity contribution in [2.75, 3.05) is 19.5 Å². The molecular formula is C19H23NO4. The van der Waals surface area contributed by atoms with Gasteiger partial charge in [0, 0.05) is 18.4 Å². The van der Waals surface area contributed by atoms with Crippen molar-refractivity contribution in [2.45, 2.75) is 26.6 Å². The highest BCUT2D eigenvalue weighted by Gasteiger charge is 2.12. The van der Waals surface area contributed by atoms with Gasteiger partial charge in [0.25, 0.3) is 5.91 Å². The summed E-state index contributed by atoms with van der Waals surface area (Å²) in [5.41, 5.74) is 2.21. The van der Waals surface area contributed by atoms with Crippen molar-refractivity contribution in [2.24, 2.45) is 0 Å². The molecule has 0 heterocycles. The maximum absolute atomic E-state index is 12.4. The van der Waals surface area contributed by atoms with Gasteiger partial charge in [-0.05, 0) is 49.7 Å². The van der Waals surface area contributed by atoms with Gasteiger partial charge in [0.1, 0.15) is 0 Å². The Morgan fingerprint density at radius 2 is 1.88 bits per heavy atom. The molecule has 0 saturated carbocycles. The average Bonchev–Trinajstić information content (AvgIpc) is 2.55. The molecule has 0 spiro atoms. The predicted molar refractivity (Wildman–Crippen MR) is 93.9 cm³/mol. The van der Waals surface area contributed by atoms with E-state index in [1.165, 1.54) is 0 Å². The van der Waals surface area contributed by atoms with Crippen LogP contribution in [-0.4, -0.2) is 26.2 Å². The van der Waals surface area contributed by atoms with Gasteiger partial charge >= 0.3 is 0 Å². The Bertz CT molecular complexity index is 698. The van der Waals surface area contributed by atoms with Crippen LogP contribution in [0.4, 0.5) is 5.69 Å². The zero-order valence-corrected chi connectivity index (χ0v) is 14.5. The van der Waals surface area contributed by atoms with Gasteiger partial charge in [0.05, 0.1) is 19.8 Å². The number of anilines is 1. The van der Waals surface area contributed by atoms with Crippen LogP contribution in [0.2, 0.25) is 0 Å². The number of nitrogens with one attached hydrogen (secondary N) is 1. The summed E-state index contributed by atoms with van der Waals surface area (Å²) >= 11 is 0. The monoisotopic (exact) mass is 329 g/mol. The van der Waals surface area contributed by atoms with Crippen molar-refractivity contribution in [1.82, 2.24) is 0 Å². The van der Waals surface area contributed by atoms with E-state index < -0.39 is 0 Å². The molecule has 24 heavy (non-hydrogen) atoms. The van der Waals surface area contributed by atoms with Crippen LogP contribution in [0.25, 0.3) is 0 Å². The molecule has 2 rings (SSSR count). The molecule has 0 unspecified atom stereocenters. The third-order valence-electron chi connectivity index (χ3n) is 3.28. The van der Waals surface area contributed by atoms with E-state index in [1.807, 2.05) is 38.1 Å². The number of methoxy groups -OCH3 is 2. The molecule has 0 fully saturated rings. The lowest BCUT2D eigenvalue weighted by Crippen LogP contribution is -2.13. The number of carbonyl (C=O) groups excluding carboxylic acids is 1. The fraction of sp³-hybridized carbons (Fsp3) is 0.316. The Labute approximate surface area is 142 Å². The van der Waals surface area contributed by atoms with Crippen LogP contribution < -0.4 is 14.8 Å². The minimum atomic E-state index is -0.209. The van der Waals surface area contributed by atoms with Crippen molar-refractivity contribution < 1.29 is 19.0 Å². The number of rotatable bonds is 7. The number of hydrogen-bond donors (Lipinski definition) is 1. The first-order chi connectivity index (χ1) is 11.5.